The van der Waals surface area contributed by atoms with Crippen LogP contribution in [0.4, 0.5) is 0 Å². The lowest BCUT2D eigenvalue weighted by molar-refractivity contribution is 0.436. The maximum atomic E-state index is 7.26. The van der Waals surface area contributed by atoms with Crippen LogP contribution in [0.5, 0.6) is 11.5 Å². The highest BCUT2D eigenvalue weighted by Crippen LogP contribution is 2.62. The molecule has 9 aromatic carbocycles. The molecule has 0 saturated heterocycles. The molecule has 0 atom stereocenters. The number of rotatable bonds is 4. The molecular weight excluding hydrogens is 867 g/mol. The largest absolute Gasteiger partial charge is 0.457 e. The lowest BCUT2D eigenvalue weighted by Gasteiger charge is -2.39. The fourth-order valence-corrected chi connectivity index (χ4v) is 12.5. The minimum atomic E-state index is -0.706. The monoisotopic (exact) mass is 905 g/mol. The highest BCUT2D eigenvalue weighted by Gasteiger charge is 2.52. The predicted molar refractivity (Wildman–Crippen MR) is 288 cm³/mol. The highest BCUT2D eigenvalue weighted by molar-refractivity contribution is 6.12. The molecule has 6 heteroatoms. The second-order valence-corrected chi connectivity index (χ2v) is 18.9. The number of fused-ring (bicyclic) bond motifs is 18. The Morgan fingerprint density at radius 3 is 1.18 bits per heavy atom. The standard InChI is InChI=1S/C65H39N5O/c1-6-20-55-45(13-1)46-14-2-7-21-56(46)68(55)42-27-29-43(30-28-42)69-59-24-10-5-17-49(59)50-37-40(26-34-60(50)69)41-25-32-51-61(38-41)71-62-39-44(70-57-22-8-3-15-47(57)48-16-4-9-23-58(48)70)31-33-52(62)65(51)53-18-11-35-66-63(53)64-54(65)19-12-36-67-64/h1-39H. The zero-order valence-electron chi connectivity index (χ0n) is 38.2. The van der Waals surface area contributed by atoms with Crippen molar-refractivity contribution in [2.75, 3.05) is 0 Å². The van der Waals surface area contributed by atoms with Crippen LogP contribution in [0.1, 0.15) is 22.3 Å². The van der Waals surface area contributed by atoms with Crippen LogP contribution in [0, 0.1) is 0 Å². The van der Waals surface area contributed by atoms with Crippen molar-refractivity contribution in [1.82, 2.24) is 23.7 Å². The van der Waals surface area contributed by atoms with E-state index in [1.165, 1.54) is 43.4 Å². The van der Waals surface area contributed by atoms with Crippen LogP contribution < -0.4 is 4.74 Å². The Kier molecular flexibility index (Phi) is 7.72. The molecule has 6 nitrogen and oxygen atoms in total. The van der Waals surface area contributed by atoms with Gasteiger partial charge in [0.05, 0.1) is 49.9 Å². The molecule has 1 aliphatic carbocycles. The van der Waals surface area contributed by atoms with Gasteiger partial charge in [-0.1, -0.05) is 127 Å². The molecule has 0 amide bonds. The number of pyridine rings is 2. The molecule has 1 aliphatic heterocycles. The van der Waals surface area contributed by atoms with Crippen molar-refractivity contribution in [2.45, 2.75) is 5.41 Å². The van der Waals surface area contributed by atoms with E-state index in [1.807, 2.05) is 24.5 Å². The van der Waals surface area contributed by atoms with E-state index in [0.717, 1.165) is 95.4 Å². The van der Waals surface area contributed by atoms with E-state index in [9.17, 15) is 0 Å². The second-order valence-electron chi connectivity index (χ2n) is 18.9. The van der Waals surface area contributed by atoms with Crippen LogP contribution in [0.3, 0.4) is 0 Å². The Morgan fingerprint density at radius 2 is 0.676 bits per heavy atom. The molecule has 0 bridgehead atoms. The van der Waals surface area contributed by atoms with Crippen molar-refractivity contribution < 1.29 is 4.74 Å². The van der Waals surface area contributed by atoms with Crippen LogP contribution in [0.25, 0.3) is 105 Å². The lowest BCUT2D eigenvalue weighted by Crippen LogP contribution is -2.32. The van der Waals surface area contributed by atoms with Crippen LogP contribution in [-0.4, -0.2) is 23.7 Å². The van der Waals surface area contributed by atoms with Crippen LogP contribution in [-0.2, 0) is 5.41 Å². The van der Waals surface area contributed by atoms with Gasteiger partial charge in [0.25, 0.3) is 0 Å². The van der Waals surface area contributed by atoms with Gasteiger partial charge < -0.3 is 18.4 Å². The summed E-state index contributed by atoms with van der Waals surface area (Å²) in [5.74, 6) is 1.62. The van der Waals surface area contributed by atoms with Gasteiger partial charge >= 0.3 is 0 Å². The number of ether oxygens (including phenoxy) is 1. The number of para-hydroxylation sites is 5. The van der Waals surface area contributed by atoms with Crippen molar-refractivity contribution in [1.29, 1.82) is 0 Å². The lowest BCUT2D eigenvalue weighted by atomic mass is 9.66. The molecule has 0 radical (unpaired) electrons. The third-order valence-electron chi connectivity index (χ3n) is 15.4. The Hall–Kier alpha value is -9.52. The Bertz CT molecular complexity index is 4420. The highest BCUT2D eigenvalue weighted by atomic mass is 16.5. The van der Waals surface area contributed by atoms with E-state index >= 15 is 0 Å². The van der Waals surface area contributed by atoms with Gasteiger partial charge in [-0.15, -0.1) is 0 Å². The summed E-state index contributed by atoms with van der Waals surface area (Å²) < 4.78 is 14.4. The average molecular weight is 906 g/mol. The molecular formula is C65H39N5O. The number of hydrogen-bond donors (Lipinski definition) is 0. The maximum Gasteiger partial charge on any atom is 0.134 e. The van der Waals surface area contributed by atoms with Crippen LogP contribution >= 0.6 is 0 Å². The molecule has 0 saturated carbocycles. The van der Waals surface area contributed by atoms with E-state index in [-0.39, 0.29) is 0 Å². The van der Waals surface area contributed by atoms with Gasteiger partial charge in [-0.25, -0.2) is 0 Å². The Morgan fingerprint density at radius 1 is 0.296 bits per heavy atom. The molecule has 1 spiro atoms. The number of benzene rings is 9. The molecule has 16 rings (SSSR count). The molecule has 71 heavy (non-hydrogen) atoms. The van der Waals surface area contributed by atoms with Crippen molar-refractivity contribution in [3.8, 4) is 51.1 Å². The third-order valence-corrected chi connectivity index (χ3v) is 15.4. The van der Waals surface area contributed by atoms with E-state index in [0.29, 0.717) is 0 Å². The van der Waals surface area contributed by atoms with Crippen molar-refractivity contribution in [3.05, 3.63) is 259 Å². The molecule has 14 aromatic rings. The first-order valence-electron chi connectivity index (χ1n) is 24.2. The summed E-state index contributed by atoms with van der Waals surface area (Å²) in [6.07, 6.45) is 3.75. The Balaban J connectivity index is 0.854. The van der Waals surface area contributed by atoms with Gasteiger partial charge in [0.2, 0.25) is 0 Å². The molecule has 0 fully saturated rings. The maximum absolute atomic E-state index is 7.26. The number of hydrogen-bond acceptors (Lipinski definition) is 3. The third kappa shape index (κ3) is 5.15. The summed E-state index contributed by atoms with van der Waals surface area (Å²) in [5, 5.41) is 7.35. The SMILES string of the molecule is c1cnc2c(c1)C1(c3ccc(-c4ccc5c(c4)c4ccccc4n5-c4ccc(-n5c6ccccc6c6ccccc65)cc4)cc3Oc3cc(-n4c5ccccc5c5ccccc54)ccc31)c1cccnc1-2. The van der Waals surface area contributed by atoms with E-state index in [4.69, 9.17) is 14.7 Å². The van der Waals surface area contributed by atoms with E-state index in [2.05, 4.69) is 226 Å². The van der Waals surface area contributed by atoms with Gasteiger partial charge in [-0.05, 0) is 113 Å². The molecule has 5 aromatic heterocycles. The van der Waals surface area contributed by atoms with Crippen molar-refractivity contribution >= 4 is 65.4 Å². The quantitative estimate of drug-likeness (QED) is 0.177. The normalized spacial score (nSPS) is 13.3. The fraction of sp³-hybridized carbons (Fsp3) is 0.0154. The predicted octanol–water partition coefficient (Wildman–Crippen LogP) is 15.9. The van der Waals surface area contributed by atoms with Gasteiger partial charge in [-0.2, -0.15) is 0 Å². The number of aromatic nitrogens is 5. The second kappa shape index (κ2) is 14.3. The average Bonchev–Trinajstić information content (AvgIpc) is 4.16. The first kappa shape index (κ1) is 38.4. The summed E-state index contributed by atoms with van der Waals surface area (Å²) in [6, 6.07) is 81.4. The Labute approximate surface area is 407 Å². The summed E-state index contributed by atoms with van der Waals surface area (Å²) in [6.45, 7) is 0. The van der Waals surface area contributed by atoms with Crippen molar-refractivity contribution in [2.24, 2.45) is 0 Å². The topological polar surface area (TPSA) is 49.8 Å². The molecule has 0 unspecified atom stereocenters. The van der Waals surface area contributed by atoms with E-state index in [1.54, 1.807) is 0 Å². The smallest absolute Gasteiger partial charge is 0.134 e. The molecule has 6 heterocycles. The molecule has 0 N–H and O–H groups in total. The van der Waals surface area contributed by atoms with Crippen LogP contribution in [0.15, 0.2) is 237 Å². The first-order valence-corrected chi connectivity index (χ1v) is 24.2. The zero-order valence-corrected chi connectivity index (χ0v) is 38.2. The summed E-state index contributed by atoms with van der Waals surface area (Å²) in [4.78, 5) is 9.98. The minimum Gasteiger partial charge on any atom is -0.457 e. The van der Waals surface area contributed by atoms with Crippen molar-refractivity contribution in [3.63, 3.8) is 0 Å². The summed E-state index contributed by atoms with van der Waals surface area (Å²) in [7, 11) is 0. The summed E-state index contributed by atoms with van der Waals surface area (Å²) >= 11 is 0. The molecule has 330 valence electrons. The van der Waals surface area contributed by atoms with Gasteiger partial charge in [0, 0.05) is 79.0 Å². The van der Waals surface area contributed by atoms with Crippen LogP contribution in [0.2, 0.25) is 0 Å². The molecule has 2 aliphatic rings. The summed E-state index contributed by atoms with van der Waals surface area (Å²) in [5.41, 5.74) is 17.9. The number of nitrogens with zero attached hydrogens (tertiary/aromatic N) is 5. The fourth-order valence-electron chi connectivity index (χ4n) is 12.5. The van der Waals surface area contributed by atoms with Gasteiger partial charge in [0.1, 0.15) is 11.5 Å². The van der Waals surface area contributed by atoms with Gasteiger partial charge in [-0.3, -0.25) is 9.97 Å². The minimum absolute atomic E-state index is 0.706. The zero-order chi connectivity index (χ0) is 46.4. The first-order chi connectivity index (χ1) is 35.2. The van der Waals surface area contributed by atoms with E-state index < -0.39 is 5.41 Å². The van der Waals surface area contributed by atoms with Gasteiger partial charge in [0.15, 0.2) is 0 Å².